The van der Waals surface area contributed by atoms with Gasteiger partial charge >= 0.3 is 0 Å². The third-order valence-electron chi connectivity index (χ3n) is 3.29. The zero-order valence-electron chi connectivity index (χ0n) is 12.3. The molecule has 1 N–H and O–H groups in total. The lowest BCUT2D eigenvalue weighted by Gasteiger charge is -2.39. The third kappa shape index (κ3) is 4.07. The normalized spacial score (nSPS) is 22.3. The van der Waals surface area contributed by atoms with Crippen LogP contribution in [0.2, 0.25) is 0 Å². The molecular formula is C12H25N3O3S. The molecule has 1 rings (SSSR count). The van der Waals surface area contributed by atoms with Crippen LogP contribution in [-0.2, 0) is 14.6 Å². The van der Waals surface area contributed by atoms with Gasteiger partial charge in [0.2, 0.25) is 0 Å². The molecule has 0 saturated carbocycles. The van der Waals surface area contributed by atoms with Crippen molar-refractivity contribution >= 4 is 15.8 Å². The van der Waals surface area contributed by atoms with Crippen molar-refractivity contribution in [3.05, 3.63) is 0 Å². The number of nitrogens with zero attached hydrogens (tertiary/aromatic N) is 2. The topological polar surface area (TPSA) is 71.0 Å². The molecule has 0 spiro atoms. The highest BCUT2D eigenvalue weighted by Gasteiger charge is 2.40. The van der Waals surface area contributed by atoms with Crippen LogP contribution in [0.5, 0.6) is 0 Å². The number of nitrogens with one attached hydrogen (secondary N) is 1. The van der Waals surface area contributed by atoms with E-state index in [2.05, 4.69) is 10.3 Å². The predicted octanol–water partition coefficient (Wildman–Crippen LogP) is 0.107. The Labute approximate surface area is 116 Å². The van der Waals surface area contributed by atoms with E-state index in [0.29, 0.717) is 32.8 Å². The van der Waals surface area contributed by atoms with Gasteiger partial charge in [0.25, 0.3) is 0 Å². The van der Waals surface area contributed by atoms with Crippen LogP contribution in [0, 0.1) is 0 Å². The number of rotatable bonds is 4. The molecule has 1 heterocycles. The Kier molecular flexibility index (Phi) is 5.61. The first kappa shape index (κ1) is 16.2. The van der Waals surface area contributed by atoms with E-state index in [0.717, 1.165) is 5.96 Å². The Morgan fingerprint density at radius 2 is 2.16 bits per heavy atom. The number of ether oxygens (including phenoxy) is 1. The summed E-state index contributed by atoms with van der Waals surface area (Å²) in [4.78, 5) is 6.20. The van der Waals surface area contributed by atoms with Gasteiger partial charge in [0.1, 0.15) is 0 Å². The first-order chi connectivity index (χ1) is 8.84. The second-order valence-electron chi connectivity index (χ2n) is 5.17. The molecule has 0 aromatic rings. The lowest BCUT2D eigenvalue weighted by atomic mass is 10.2. The average molecular weight is 291 g/mol. The average Bonchev–Trinajstić information content (AvgIpc) is 2.33. The fourth-order valence-corrected chi connectivity index (χ4v) is 3.40. The summed E-state index contributed by atoms with van der Waals surface area (Å²) in [6.07, 6.45) is 0. The van der Waals surface area contributed by atoms with Crippen LogP contribution in [0.4, 0.5) is 0 Å². The molecule has 1 aliphatic heterocycles. The summed E-state index contributed by atoms with van der Waals surface area (Å²) >= 11 is 0. The Bertz CT molecular complexity index is 418. The molecule has 0 aromatic heterocycles. The van der Waals surface area contributed by atoms with Gasteiger partial charge in [0, 0.05) is 33.3 Å². The van der Waals surface area contributed by atoms with Crippen molar-refractivity contribution in [2.45, 2.75) is 25.5 Å². The van der Waals surface area contributed by atoms with Crippen molar-refractivity contribution in [3.8, 4) is 0 Å². The molecule has 6 nitrogen and oxygen atoms in total. The minimum Gasteiger partial charge on any atom is -0.380 e. The van der Waals surface area contributed by atoms with Gasteiger partial charge < -0.3 is 15.0 Å². The van der Waals surface area contributed by atoms with E-state index in [1.165, 1.54) is 0 Å². The Morgan fingerprint density at radius 3 is 2.68 bits per heavy atom. The minimum atomic E-state index is -3.01. The molecule has 0 aromatic carbocycles. The highest BCUT2D eigenvalue weighted by atomic mass is 32.2. The summed E-state index contributed by atoms with van der Waals surface area (Å²) in [6.45, 7) is 8.41. The van der Waals surface area contributed by atoms with E-state index in [1.54, 1.807) is 20.9 Å². The molecule has 0 aliphatic carbocycles. The Hall–Kier alpha value is -0.820. The van der Waals surface area contributed by atoms with Crippen LogP contribution in [0.1, 0.15) is 20.8 Å². The second-order valence-corrected chi connectivity index (χ2v) is 7.91. The number of sulfone groups is 1. The predicted molar refractivity (Wildman–Crippen MR) is 77.3 cm³/mol. The van der Waals surface area contributed by atoms with Gasteiger partial charge in [0.05, 0.1) is 17.1 Å². The molecule has 0 unspecified atom stereocenters. The molecule has 0 bridgehead atoms. The largest absolute Gasteiger partial charge is 0.380 e. The van der Waals surface area contributed by atoms with Crippen molar-refractivity contribution in [2.75, 3.05) is 45.6 Å². The minimum absolute atomic E-state index is 0.173. The van der Waals surface area contributed by atoms with Gasteiger partial charge in [-0.1, -0.05) is 0 Å². The zero-order chi connectivity index (χ0) is 14.5. The third-order valence-corrected chi connectivity index (χ3v) is 5.82. The van der Waals surface area contributed by atoms with E-state index in [4.69, 9.17) is 4.74 Å². The first-order valence-corrected chi connectivity index (χ1v) is 8.25. The van der Waals surface area contributed by atoms with Crippen LogP contribution in [-0.4, -0.2) is 69.7 Å². The van der Waals surface area contributed by atoms with E-state index >= 15 is 0 Å². The van der Waals surface area contributed by atoms with Gasteiger partial charge in [-0.15, -0.1) is 0 Å². The highest BCUT2D eigenvalue weighted by Crippen LogP contribution is 2.23. The standard InChI is InChI=1S/C12H25N3O3S/c1-5-18-8-6-14-11(13-4)15-7-9-19(16,17)12(2,3)10-15/h5-10H2,1-4H3,(H,13,14). The summed E-state index contributed by atoms with van der Waals surface area (Å²) < 4.78 is 28.4. The number of aliphatic imine (C=N–C) groups is 1. The molecule has 1 fully saturated rings. The first-order valence-electron chi connectivity index (χ1n) is 6.59. The van der Waals surface area contributed by atoms with Crippen molar-refractivity contribution in [1.82, 2.24) is 10.2 Å². The molecular weight excluding hydrogens is 266 g/mol. The Morgan fingerprint density at radius 1 is 1.47 bits per heavy atom. The van der Waals surface area contributed by atoms with Gasteiger partial charge in [0.15, 0.2) is 15.8 Å². The SMILES string of the molecule is CCOCCNC(=NC)N1CCS(=O)(=O)C(C)(C)C1. The number of guanidine groups is 1. The quantitative estimate of drug-likeness (QED) is 0.452. The second kappa shape index (κ2) is 6.56. The molecule has 7 heteroatoms. The summed E-state index contributed by atoms with van der Waals surface area (Å²) in [5, 5.41) is 3.20. The summed E-state index contributed by atoms with van der Waals surface area (Å²) in [7, 11) is -1.31. The van der Waals surface area contributed by atoms with Crippen LogP contribution in [0.3, 0.4) is 0 Å². The van der Waals surface area contributed by atoms with Gasteiger partial charge in [-0.05, 0) is 20.8 Å². The summed E-state index contributed by atoms with van der Waals surface area (Å²) in [6, 6.07) is 0. The molecule has 1 saturated heterocycles. The van der Waals surface area contributed by atoms with Crippen molar-refractivity contribution in [1.29, 1.82) is 0 Å². The molecule has 0 atom stereocenters. The Balaban J connectivity index is 2.60. The molecule has 1 aliphatic rings. The monoisotopic (exact) mass is 291 g/mol. The van der Waals surface area contributed by atoms with Crippen LogP contribution >= 0.6 is 0 Å². The zero-order valence-corrected chi connectivity index (χ0v) is 13.1. The maximum Gasteiger partial charge on any atom is 0.193 e. The van der Waals surface area contributed by atoms with Crippen LogP contribution in [0.25, 0.3) is 0 Å². The van der Waals surface area contributed by atoms with Gasteiger partial charge in [-0.2, -0.15) is 0 Å². The van der Waals surface area contributed by atoms with Gasteiger partial charge in [-0.25, -0.2) is 8.42 Å². The smallest absolute Gasteiger partial charge is 0.193 e. The van der Waals surface area contributed by atoms with Crippen molar-refractivity contribution in [2.24, 2.45) is 4.99 Å². The number of hydrogen-bond donors (Lipinski definition) is 1. The van der Waals surface area contributed by atoms with E-state index in [-0.39, 0.29) is 5.75 Å². The highest BCUT2D eigenvalue weighted by molar-refractivity contribution is 7.92. The van der Waals surface area contributed by atoms with E-state index < -0.39 is 14.6 Å². The van der Waals surface area contributed by atoms with Crippen molar-refractivity contribution in [3.63, 3.8) is 0 Å². The summed E-state index contributed by atoms with van der Waals surface area (Å²) in [5.41, 5.74) is 0. The lowest BCUT2D eigenvalue weighted by Crippen LogP contribution is -2.57. The summed E-state index contributed by atoms with van der Waals surface area (Å²) in [5.74, 6) is 0.911. The number of hydrogen-bond acceptors (Lipinski definition) is 4. The molecule has 0 amide bonds. The molecule has 0 radical (unpaired) electrons. The molecule has 112 valence electrons. The fraction of sp³-hybridized carbons (Fsp3) is 0.917. The lowest BCUT2D eigenvalue weighted by molar-refractivity contribution is 0.151. The fourth-order valence-electron chi connectivity index (χ4n) is 2.04. The van der Waals surface area contributed by atoms with E-state index in [9.17, 15) is 8.42 Å². The van der Waals surface area contributed by atoms with Gasteiger partial charge in [-0.3, -0.25) is 4.99 Å². The molecule has 19 heavy (non-hydrogen) atoms. The van der Waals surface area contributed by atoms with E-state index in [1.807, 2.05) is 11.8 Å². The van der Waals surface area contributed by atoms with Crippen molar-refractivity contribution < 1.29 is 13.2 Å². The maximum atomic E-state index is 12.0. The maximum absolute atomic E-state index is 12.0. The van der Waals surface area contributed by atoms with Crippen LogP contribution in [0.15, 0.2) is 4.99 Å². The van der Waals surface area contributed by atoms with Crippen LogP contribution < -0.4 is 5.32 Å².